The molecule has 0 aromatic heterocycles. The average molecular weight is 426 g/mol. The maximum atomic E-state index is 12.8. The lowest BCUT2D eigenvalue weighted by molar-refractivity contribution is -0.148. The molecule has 9 heteroatoms. The lowest BCUT2D eigenvalue weighted by Crippen LogP contribution is -2.35. The Morgan fingerprint density at radius 2 is 1.65 bits per heavy atom. The molecule has 31 heavy (non-hydrogen) atoms. The average Bonchev–Trinajstić information content (AvgIpc) is 3.07. The Morgan fingerprint density at radius 3 is 2.19 bits per heavy atom. The summed E-state index contributed by atoms with van der Waals surface area (Å²) in [6, 6.07) is 11.9. The van der Waals surface area contributed by atoms with E-state index in [0.29, 0.717) is 11.3 Å². The molecule has 1 saturated heterocycles. The van der Waals surface area contributed by atoms with Crippen LogP contribution in [0, 0.1) is 0 Å². The Balaban J connectivity index is 1.96. The molecule has 0 aliphatic carbocycles. The van der Waals surface area contributed by atoms with Crippen molar-refractivity contribution in [2.45, 2.75) is 13.0 Å². The van der Waals surface area contributed by atoms with Gasteiger partial charge in [0.2, 0.25) is 5.75 Å². The van der Waals surface area contributed by atoms with Gasteiger partial charge in [0.15, 0.2) is 17.6 Å². The SMILES string of the molecule is COC(=O)[C@@H](C)Oc1c(OC)cc(/C=C2/C(=O)NN(c3ccccc3)C2=O)cc1OC. The van der Waals surface area contributed by atoms with Gasteiger partial charge >= 0.3 is 5.97 Å². The predicted molar refractivity (Wildman–Crippen MR) is 112 cm³/mol. The fraction of sp³-hybridized carbons (Fsp3) is 0.227. The van der Waals surface area contributed by atoms with Gasteiger partial charge in [-0.15, -0.1) is 0 Å². The standard InChI is InChI=1S/C22H22N2O7/c1-13(22(27)30-4)31-19-17(28-2)11-14(12-18(19)29-3)10-16-20(25)23-24(21(16)26)15-8-6-5-7-9-15/h5-13H,1-4H3,(H,23,25)/b16-10-/t13-/m1/s1. The Hall–Kier alpha value is -4.01. The van der Waals surface area contributed by atoms with Gasteiger partial charge in [-0.05, 0) is 42.8 Å². The number of carbonyl (C=O) groups is 3. The topological polar surface area (TPSA) is 103 Å². The third kappa shape index (κ3) is 4.45. The number of hydrogen-bond acceptors (Lipinski definition) is 7. The first kappa shape index (κ1) is 21.7. The van der Waals surface area contributed by atoms with Gasteiger partial charge in [-0.2, -0.15) is 0 Å². The maximum absolute atomic E-state index is 12.8. The molecule has 3 rings (SSSR count). The molecule has 0 bridgehead atoms. The Kier molecular flexibility index (Phi) is 6.44. The third-order valence-electron chi connectivity index (χ3n) is 4.53. The number of anilines is 1. The number of rotatable bonds is 7. The number of benzene rings is 2. The van der Waals surface area contributed by atoms with Gasteiger partial charge in [-0.1, -0.05) is 18.2 Å². The number of esters is 1. The molecule has 9 nitrogen and oxygen atoms in total. The molecule has 0 spiro atoms. The summed E-state index contributed by atoms with van der Waals surface area (Å²) in [6.45, 7) is 1.53. The van der Waals surface area contributed by atoms with Crippen LogP contribution in [0.4, 0.5) is 5.69 Å². The second-order valence-corrected chi connectivity index (χ2v) is 6.51. The highest BCUT2D eigenvalue weighted by Crippen LogP contribution is 2.40. The van der Waals surface area contributed by atoms with E-state index in [-0.39, 0.29) is 22.8 Å². The van der Waals surface area contributed by atoms with Crippen molar-refractivity contribution in [3.63, 3.8) is 0 Å². The van der Waals surface area contributed by atoms with Gasteiger partial charge in [-0.25, -0.2) is 9.80 Å². The van der Waals surface area contributed by atoms with E-state index in [2.05, 4.69) is 10.2 Å². The number of carbonyl (C=O) groups excluding carboxylic acids is 3. The fourth-order valence-electron chi connectivity index (χ4n) is 2.97. The van der Waals surface area contributed by atoms with Crippen LogP contribution in [0.1, 0.15) is 12.5 Å². The van der Waals surface area contributed by atoms with Crippen molar-refractivity contribution in [3.05, 3.63) is 53.6 Å². The second-order valence-electron chi connectivity index (χ2n) is 6.51. The lowest BCUT2D eigenvalue weighted by Gasteiger charge is -2.18. The number of ether oxygens (including phenoxy) is 4. The predicted octanol–water partition coefficient (Wildman–Crippen LogP) is 2.11. The lowest BCUT2D eigenvalue weighted by atomic mass is 10.1. The van der Waals surface area contributed by atoms with E-state index in [9.17, 15) is 14.4 Å². The second kappa shape index (κ2) is 9.21. The smallest absolute Gasteiger partial charge is 0.346 e. The molecular formula is C22H22N2O7. The van der Waals surface area contributed by atoms with Crippen LogP contribution in [0.15, 0.2) is 48.0 Å². The molecule has 1 aliphatic heterocycles. The van der Waals surface area contributed by atoms with E-state index in [1.54, 1.807) is 36.4 Å². The van der Waals surface area contributed by atoms with Crippen LogP contribution >= 0.6 is 0 Å². The van der Waals surface area contributed by atoms with E-state index < -0.39 is 23.9 Å². The Morgan fingerprint density at radius 1 is 1.03 bits per heavy atom. The highest BCUT2D eigenvalue weighted by molar-refractivity contribution is 6.31. The third-order valence-corrected chi connectivity index (χ3v) is 4.53. The number of hydrogen-bond donors (Lipinski definition) is 1. The number of hydrazine groups is 1. The summed E-state index contributed by atoms with van der Waals surface area (Å²) in [4.78, 5) is 36.9. The van der Waals surface area contributed by atoms with E-state index in [1.807, 2.05) is 6.07 Å². The molecule has 1 N–H and O–H groups in total. The summed E-state index contributed by atoms with van der Waals surface area (Å²) in [5, 5.41) is 1.18. The zero-order valence-electron chi connectivity index (χ0n) is 17.5. The highest BCUT2D eigenvalue weighted by atomic mass is 16.6. The summed E-state index contributed by atoms with van der Waals surface area (Å²) in [6.07, 6.45) is 0.526. The van der Waals surface area contributed by atoms with Crippen molar-refractivity contribution in [1.82, 2.24) is 5.43 Å². The molecule has 0 saturated carbocycles. The monoisotopic (exact) mass is 426 g/mol. The molecule has 0 unspecified atom stereocenters. The minimum Gasteiger partial charge on any atom is -0.493 e. The van der Waals surface area contributed by atoms with Gasteiger partial charge in [-0.3, -0.25) is 15.0 Å². The van der Waals surface area contributed by atoms with Gasteiger partial charge in [0.25, 0.3) is 11.8 Å². The summed E-state index contributed by atoms with van der Waals surface area (Å²) < 4.78 is 21.1. The number of amides is 2. The largest absolute Gasteiger partial charge is 0.493 e. The van der Waals surface area contributed by atoms with Crippen LogP contribution in [0.5, 0.6) is 17.2 Å². The minimum absolute atomic E-state index is 0.0513. The van der Waals surface area contributed by atoms with Crippen molar-refractivity contribution in [1.29, 1.82) is 0 Å². The van der Waals surface area contributed by atoms with E-state index in [0.717, 1.165) is 0 Å². The van der Waals surface area contributed by atoms with Crippen molar-refractivity contribution < 1.29 is 33.3 Å². The van der Waals surface area contributed by atoms with Crippen LogP contribution in [0.2, 0.25) is 0 Å². The molecule has 1 fully saturated rings. The zero-order chi connectivity index (χ0) is 22.5. The van der Waals surface area contributed by atoms with Crippen molar-refractivity contribution in [2.75, 3.05) is 26.3 Å². The van der Waals surface area contributed by atoms with Crippen LogP contribution in [-0.4, -0.2) is 45.2 Å². The van der Waals surface area contributed by atoms with Crippen molar-refractivity contribution in [3.8, 4) is 17.2 Å². The van der Waals surface area contributed by atoms with Gasteiger partial charge in [0.05, 0.1) is 27.0 Å². The molecule has 2 amide bonds. The normalized spacial score (nSPS) is 15.5. The minimum atomic E-state index is -0.904. The first-order valence-electron chi connectivity index (χ1n) is 9.32. The van der Waals surface area contributed by atoms with Crippen LogP contribution < -0.4 is 24.6 Å². The number of para-hydroxylation sites is 1. The highest BCUT2D eigenvalue weighted by Gasteiger charge is 2.34. The molecule has 1 aliphatic rings. The quantitative estimate of drug-likeness (QED) is 0.411. The van der Waals surface area contributed by atoms with Crippen LogP contribution in [0.25, 0.3) is 6.08 Å². The number of nitrogens with one attached hydrogen (secondary N) is 1. The van der Waals surface area contributed by atoms with E-state index in [1.165, 1.54) is 39.3 Å². The molecule has 1 atom stereocenters. The molecule has 1 heterocycles. The van der Waals surface area contributed by atoms with Gasteiger partial charge in [0.1, 0.15) is 5.57 Å². The van der Waals surface area contributed by atoms with Gasteiger partial charge < -0.3 is 18.9 Å². The molecule has 2 aromatic carbocycles. The van der Waals surface area contributed by atoms with Crippen LogP contribution in [-0.2, 0) is 19.1 Å². The van der Waals surface area contributed by atoms with E-state index in [4.69, 9.17) is 14.2 Å². The maximum Gasteiger partial charge on any atom is 0.346 e. The van der Waals surface area contributed by atoms with Crippen LogP contribution in [0.3, 0.4) is 0 Å². The summed E-state index contributed by atoms with van der Waals surface area (Å²) in [7, 11) is 4.10. The van der Waals surface area contributed by atoms with Crippen molar-refractivity contribution >= 4 is 29.5 Å². The molecule has 0 radical (unpaired) electrons. The molecule has 162 valence electrons. The summed E-state index contributed by atoms with van der Waals surface area (Å²) in [5.74, 6) is -0.886. The van der Waals surface area contributed by atoms with Crippen molar-refractivity contribution in [2.24, 2.45) is 0 Å². The first-order chi connectivity index (χ1) is 14.9. The van der Waals surface area contributed by atoms with E-state index >= 15 is 0 Å². The number of nitrogens with zero attached hydrogens (tertiary/aromatic N) is 1. The van der Waals surface area contributed by atoms with Gasteiger partial charge in [0, 0.05) is 0 Å². The zero-order valence-corrected chi connectivity index (χ0v) is 17.5. The first-order valence-corrected chi connectivity index (χ1v) is 9.32. The fourth-order valence-corrected chi connectivity index (χ4v) is 2.97. The molecular weight excluding hydrogens is 404 g/mol. The summed E-state index contributed by atoms with van der Waals surface area (Å²) >= 11 is 0. The Labute approximate surface area is 179 Å². The summed E-state index contributed by atoms with van der Waals surface area (Å²) in [5.41, 5.74) is 3.50. The molecule has 2 aromatic rings. The number of methoxy groups -OCH3 is 3. The Bertz CT molecular complexity index is 1010.